The van der Waals surface area contributed by atoms with Crippen LogP contribution in [0.4, 0.5) is 0 Å². The minimum absolute atomic E-state index is 0.176. The van der Waals surface area contributed by atoms with Gasteiger partial charge in [0.25, 0.3) is 0 Å². The molecule has 0 spiro atoms. The number of hydrogen-bond acceptors (Lipinski definition) is 4. The second-order valence-corrected chi connectivity index (χ2v) is 6.69. The van der Waals surface area contributed by atoms with Gasteiger partial charge in [0, 0.05) is 36.6 Å². The lowest BCUT2D eigenvalue weighted by atomic mass is 10.1. The van der Waals surface area contributed by atoms with E-state index in [9.17, 15) is 4.79 Å². The maximum Gasteiger partial charge on any atom is 0.228 e. The summed E-state index contributed by atoms with van der Waals surface area (Å²) in [5, 5.41) is 6.30. The fraction of sp³-hybridized carbons (Fsp3) is 0.412. The van der Waals surface area contributed by atoms with Gasteiger partial charge >= 0.3 is 0 Å². The number of thiazole rings is 1. The molecule has 1 aromatic carbocycles. The monoisotopic (exact) mass is 315 g/mol. The zero-order valence-corrected chi connectivity index (χ0v) is 13.8. The number of amides is 1. The first kappa shape index (κ1) is 15.2. The van der Waals surface area contributed by atoms with Crippen LogP contribution in [0.15, 0.2) is 29.6 Å². The van der Waals surface area contributed by atoms with E-state index in [2.05, 4.69) is 42.3 Å². The third-order valence-corrected chi connectivity index (χ3v) is 4.91. The number of aromatic nitrogens is 1. The Kier molecular flexibility index (Phi) is 4.55. The summed E-state index contributed by atoms with van der Waals surface area (Å²) >= 11 is 1.61. The van der Waals surface area contributed by atoms with Crippen molar-refractivity contribution >= 4 is 17.2 Å². The second-order valence-electron chi connectivity index (χ2n) is 5.83. The first-order valence-electron chi connectivity index (χ1n) is 7.65. The van der Waals surface area contributed by atoms with Crippen molar-refractivity contribution in [1.29, 1.82) is 0 Å². The molecule has 22 heavy (non-hydrogen) atoms. The number of carbonyl (C=O) groups excluding carboxylic acids is 1. The zero-order valence-electron chi connectivity index (χ0n) is 13.0. The fourth-order valence-electron chi connectivity index (χ4n) is 2.77. The van der Waals surface area contributed by atoms with Gasteiger partial charge in [-0.2, -0.15) is 0 Å². The van der Waals surface area contributed by atoms with Crippen molar-refractivity contribution in [3.05, 3.63) is 40.9 Å². The van der Waals surface area contributed by atoms with Crippen molar-refractivity contribution in [2.24, 2.45) is 0 Å². The van der Waals surface area contributed by atoms with Crippen molar-refractivity contribution in [2.45, 2.75) is 26.3 Å². The Bertz CT molecular complexity index is 667. The molecule has 1 aliphatic heterocycles. The molecule has 0 bridgehead atoms. The average Bonchev–Trinajstić information content (AvgIpc) is 2.96. The van der Waals surface area contributed by atoms with E-state index in [1.54, 1.807) is 11.3 Å². The SMILES string of the molecule is Cc1cccc(-c2nc(CC(=O)N3CCNC[C@@H]3C)cs2)c1. The van der Waals surface area contributed by atoms with Crippen LogP contribution in [0.25, 0.3) is 10.6 Å². The maximum absolute atomic E-state index is 12.4. The summed E-state index contributed by atoms with van der Waals surface area (Å²) in [4.78, 5) is 19.0. The lowest BCUT2D eigenvalue weighted by Crippen LogP contribution is -2.52. The molecule has 5 heteroatoms. The summed E-state index contributed by atoms with van der Waals surface area (Å²) in [7, 11) is 0. The van der Waals surface area contributed by atoms with Crippen molar-refractivity contribution < 1.29 is 4.79 Å². The van der Waals surface area contributed by atoms with Crippen LogP contribution in [0.2, 0.25) is 0 Å². The quantitative estimate of drug-likeness (QED) is 0.946. The minimum Gasteiger partial charge on any atom is -0.337 e. The molecule has 3 rings (SSSR count). The summed E-state index contributed by atoms with van der Waals surface area (Å²) in [5.41, 5.74) is 3.22. The molecule has 1 aromatic heterocycles. The van der Waals surface area contributed by atoms with Gasteiger partial charge in [-0.05, 0) is 19.9 Å². The molecule has 2 heterocycles. The maximum atomic E-state index is 12.4. The zero-order chi connectivity index (χ0) is 15.5. The molecule has 0 saturated carbocycles. The molecule has 0 unspecified atom stereocenters. The Balaban J connectivity index is 1.70. The van der Waals surface area contributed by atoms with Gasteiger partial charge in [-0.15, -0.1) is 11.3 Å². The van der Waals surface area contributed by atoms with E-state index in [4.69, 9.17) is 0 Å². The van der Waals surface area contributed by atoms with Crippen molar-refractivity contribution in [3.8, 4) is 10.6 Å². The summed E-state index contributed by atoms with van der Waals surface area (Å²) in [6, 6.07) is 8.57. The van der Waals surface area contributed by atoms with Crippen LogP contribution in [0.1, 0.15) is 18.2 Å². The Hall–Kier alpha value is -1.72. The van der Waals surface area contributed by atoms with Crippen LogP contribution in [-0.2, 0) is 11.2 Å². The molecule has 1 atom stereocenters. The van der Waals surface area contributed by atoms with Gasteiger partial charge in [-0.1, -0.05) is 23.8 Å². The third-order valence-electron chi connectivity index (χ3n) is 3.97. The minimum atomic E-state index is 0.176. The van der Waals surface area contributed by atoms with Crippen LogP contribution in [-0.4, -0.2) is 41.5 Å². The average molecular weight is 315 g/mol. The molecule has 1 saturated heterocycles. The molecular formula is C17H21N3OS. The van der Waals surface area contributed by atoms with E-state index in [1.807, 2.05) is 16.3 Å². The molecule has 2 aromatic rings. The van der Waals surface area contributed by atoms with E-state index in [1.165, 1.54) is 5.56 Å². The highest BCUT2D eigenvalue weighted by molar-refractivity contribution is 7.13. The number of hydrogen-bond donors (Lipinski definition) is 1. The van der Waals surface area contributed by atoms with Gasteiger partial charge in [0.2, 0.25) is 5.91 Å². The predicted molar refractivity (Wildman–Crippen MR) is 90.0 cm³/mol. The normalized spacial score (nSPS) is 18.5. The third kappa shape index (κ3) is 3.36. The highest BCUT2D eigenvalue weighted by Crippen LogP contribution is 2.24. The van der Waals surface area contributed by atoms with Crippen LogP contribution in [0.5, 0.6) is 0 Å². The molecule has 1 aliphatic rings. The Labute approximate surface area is 135 Å². The smallest absolute Gasteiger partial charge is 0.228 e. The van der Waals surface area contributed by atoms with Gasteiger partial charge in [-0.25, -0.2) is 4.98 Å². The van der Waals surface area contributed by atoms with Crippen molar-refractivity contribution in [2.75, 3.05) is 19.6 Å². The van der Waals surface area contributed by atoms with Gasteiger partial charge in [0.05, 0.1) is 12.1 Å². The van der Waals surface area contributed by atoms with E-state index < -0.39 is 0 Å². The van der Waals surface area contributed by atoms with Gasteiger partial charge in [0.15, 0.2) is 0 Å². The van der Waals surface area contributed by atoms with E-state index in [0.29, 0.717) is 6.42 Å². The van der Waals surface area contributed by atoms with Crippen molar-refractivity contribution in [1.82, 2.24) is 15.2 Å². The van der Waals surface area contributed by atoms with Gasteiger partial charge in [0.1, 0.15) is 5.01 Å². The number of aryl methyl sites for hydroxylation is 1. The lowest BCUT2D eigenvalue weighted by Gasteiger charge is -2.33. The van der Waals surface area contributed by atoms with Crippen LogP contribution in [0.3, 0.4) is 0 Å². The van der Waals surface area contributed by atoms with Crippen molar-refractivity contribution in [3.63, 3.8) is 0 Å². The van der Waals surface area contributed by atoms with E-state index in [-0.39, 0.29) is 11.9 Å². The molecule has 0 radical (unpaired) electrons. The van der Waals surface area contributed by atoms with Crippen LogP contribution in [0, 0.1) is 6.92 Å². The topological polar surface area (TPSA) is 45.2 Å². The standard InChI is InChI=1S/C17H21N3OS/c1-12-4-3-5-14(8-12)17-19-15(11-22-17)9-16(21)20-7-6-18-10-13(20)2/h3-5,8,11,13,18H,6-7,9-10H2,1-2H3/t13-/m0/s1. The number of rotatable bonds is 3. The number of carbonyl (C=O) groups is 1. The molecule has 1 amide bonds. The summed E-state index contributed by atoms with van der Waals surface area (Å²) in [6.07, 6.45) is 0.395. The molecule has 4 nitrogen and oxygen atoms in total. The van der Waals surface area contributed by atoms with E-state index in [0.717, 1.165) is 35.9 Å². The largest absolute Gasteiger partial charge is 0.337 e. The number of nitrogens with zero attached hydrogens (tertiary/aromatic N) is 2. The molecule has 1 N–H and O–H groups in total. The summed E-state index contributed by atoms with van der Waals surface area (Å²) in [6.45, 7) is 6.70. The summed E-state index contributed by atoms with van der Waals surface area (Å²) in [5.74, 6) is 0.176. The van der Waals surface area contributed by atoms with Gasteiger partial charge < -0.3 is 10.2 Å². The first-order chi connectivity index (χ1) is 10.6. The Morgan fingerprint density at radius 2 is 2.36 bits per heavy atom. The van der Waals surface area contributed by atoms with Crippen LogP contribution >= 0.6 is 11.3 Å². The second kappa shape index (κ2) is 6.58. The number of benzene rings is 1. The summed E-state index contributed by atoms with van der Waals surface area (Å²) < 4.78 is 0. The molecule has 1 fully saturated rings. The highest BCUT2D eigenvalue weighted by Gasteiger charge is 2.23. The number of nitrogens with one attached hydrogen (secondary N) is 1. The fourth-order valence-corrected chi connectivity index (χ4v) is 3.58. The highest BCUT2D eigenvalue weighted by atomic mass is 32.1. The number of piperazine rings is 1. The van der Waals surface area contributed by atoms with Crippen LogP contribution < -0.4 is 5.32 Å². The Morgan fingerprint density at radius 3 is 3.14 bits per heavy atom. The molecule has 116 valence electrons. The molecular weight excluding hydrogens is 294 g/mol. The lowest BCUT2D eigenvalue weighted by molar-refractivity contribution is -0.133. The first-order valence-corrected chi connectivity index (χ1v) is 8.53. The Morgan fingerprint density at radius 1 is 1.50 bits per heavy atom. The van der Waals surface area contributed by atoms with Gasteiger partial charge in [-0.3, -0.25) is 4.79 Å². The predicted octanol–water partition coefficient (Wildman–Crippen LogP) is 2.48. The van der Waals surface area contributed by atoms with E-state index >= 15 is 0 Å². The molecule has 0 aliphatic carbocycles.